The molecule has 1 aromatic carbocycles. The molecule has 7 nitrogen and oxygen atoms in total. The number of amides is 1. The Bertz CT molecular complexity index is 1460. The van der Waals surface area contributed by atoms with Crippen LogP contribution in [0.5, 0.6) is 0 Å². The lowest BCUT2D eigenvalue weighted by Gasteiger charge is -2.33. The van der Waals surface area contributed by atoms with Crippen LogP contribution in [0.2, 0.25) is 0 Å². The maximum atomic E-state index is 13.5. The first-order chi connectivity index (χ1) is 15.7. The van der Waals surface area contributed by atoms with E-state index in [4.69, 9.17) is 5.73 Å². The zero-order valence-electron chi connectivity index (χ0n) is 17.6. The van der Waals surface area contributed by atoms with Crippen LogP contribution in [0.25, 0.3) is 21.8 Å². The zero-order valence-corrected chi connectivity index (χ0v) is 17.6. The number of pyridine rings is 2. The molecule has 4 aromatic rings. The summed E-state index contributed by atoms with van der Waals surface area (Å²) in [6.07, 6.45) is 0.0177. The molecular formula is C23H19F3N6O. The van der Waals surface area contributed by atoms with E-state index >= 15 is 0 Å². The van der Waals surface area contributed by atoms with E-state index < -0.39 is 11.7 Å². The smallest absolute Gasteiger partial charge is 0.383 e. The summed E-state index contributed by atoms with van der Waals surface area (Å²) in [6, 6.07) is 5.31. The van der Waals surface area contributed by atoms with Crippen LogP contribution in [0, 0.1) is 0 Å². The van der Waals surface area contributed by atoms with Crippen LogP contribution < -0.4 is 5.73 Å². The van der Waals surface area contributed by atoms with Crippen molar-refractivity contribution in [3.63, 3.8) is 0 Å². The number of hydrogen-bond donors (Lipinski definition) is 1. The largest absolute Gasteiger partial charge is 0.416 e. The molecule has 168 valence electrons. The van der Waals surface area contributed by atoms with Crippen molar-refractivity contribution in [3.05, 3.63) is 59.0 Å². The van der Waals surface area contributed by atoms with Crippen molar-refractivity contribution in [1.29, 1.82) is 0 Å². The molecule has 1 saturated heterocycles. The first-order valence-electron chi connectivity index (χ1n) is 10.6. The fourth-order valence-corrected chi connectivity index (χ4v) is 5.32. The quantitative estimate of drug-likeness (QED) is 0.468. The first kappa shape index (κ1) is 20.0. The summed E-state index contributed by atoms with van der Waals surface area (Å²) in [6.45, 7) is 0.463. The monoisotopic (exact) mass is 452 g/mol. The molecule has 10 heteroatoms. The number of hydrogen-bond acceptors (Lipinski definition) is 5. The number of anilines is 1. The van der Waals surface area contributed by atoms with E-state index in [9.17, 15) is 18.0 Å². The lowest BCUT2D eigenvalue weighted by Crippen LogP contribution is -2.38. The van der Waals surface area contributed by atoms with Gasteiger partial charge in [0.2, 0.25) is 0 Å². The third kappa shape index (κ3) is 2.89. The average Bonchev–Trinajstić information content (AvgIpc) is 3.31. The number of aromatic nitrogens is 4. The van der Waals surface area contributed by atoms with Crippen LogP contribution >= 0.6 is 0 Å². The van der Waals surface area contributed by atoms with Gasteiger partial charge in [-0.25, -0.2) is 9.97 Å². The number of nitrogens with zero attached hydrogens (tertiary/aromatic N) is 5. The Hall–Kier alpha value is -3.69. The van der Waals surface area contributed by atoms with E-state index in [1.807, 2.05) is 0 Å². The molecule has 4 heterocycles. The van der Waals surface area contributed by atoms with Crippen LogP contribution in [-0.4, -0.2) is 37.1 Å². The van der Waals surface area contributed by atoms with Gasteiger partial charge < -0.3 is 10.6 Å². The number of halogens is 3. The molecule has 0 saturated carbocycles. The van der Waals surface area contributed by atoms with Gasteiger partial charge in [-0.05, 0) is 48.1 Å². The standard InChI is InChI=1S/C23H19F3N6O/c1-31-20-15-8-17(28-10-18(15)30-21(27)16(20)9-29-31)22(33)32-5-4-11-6-19(32)13-3-2-12(7-14(11)13)23(24,25)26/h2-3,7-11,19H,4-6H2,1H3,(H2,27,30)/t11-,19+/m0/s1. The van der Waals surface area contributed by atoms with Crippen LogP contribution in [0.4, 0.5) is 19.0 Å². The second kappa shape index (κ2) is 6.66. The molecule has 2 aliphatic rings. The van der Waals surface area contributed by atoms with E-state index in [1.54, 1.807) is 28.9 Å². The van der Waals surface area contributed by atoms with Crippen LogP contribution in [-0.2, 0) is 13.2 Å². The Labute approximate surface area is 186 Å². The average molecular weight is 452 g/mol. The first-order valence-corrected chi connectivity index (χ1v) is 10.6. The summed E-state index contributed by atoms with van der Waals surface area (Å²) in [7, 11) is 1.79. The molecule has 1 fully saturated rings. The van der Waals surface area contributed by atoms with Gasteiger partial charge in [-0.3, -0.25) is 9.48 Å². The second-order valence-electron chi connectivity index (χ2n) is 8.69. The van der Waals surface area contributed by atoms with Gasteiger partial charge in [0, 0.05) is 19.0 Å². The summed E-state index contributed by atoms with van der Waals surface area (Å²) in [5.41, 5.74) is 8.47. The topological polar surface area (TPSA) is 89.9 Å². The number of aryl methyl sites for hydroxylation is 1. The molecule has 0 unspecified atom stereocenters. The van der Waals surface area contributed by atoms with E-state index in [-0.39, 0.29) is 23.6 Å². The zero-order chi connectivity index (χ0) is 23.1. The SMILES string of the molecule is Cn1ncc2c(N)nc3cnc(C(=O)N4CC[C@H]5C[C@@H]4c4ccc(C(F)(F)F)cc45)cc3c21. The number of carbonyl (C=O) groups is 1. The molecule has 6 rings (SSSR count). The normalized spacial score (nSPS) is 19.9. The van der Waals surface area contributed by atoms with Crippen molar-refractivity contribution in [2.24, 2.45) is 7.05 Å². The molecule has 1 aliphatic carbocycles. The number of carbonyl (C=O) groups excluding carboxylic acids is 1. The van der Waals surface area contributed by atoms with Crippen LogP contribution in [0.1, 0.15) is 52.0 Å². The van der Waals surface area contributed by atoms with E-state index in [1.165, 1.54) is 18.3 Å². The molecule has 33 heavy (non-hydrogen) atoms. The summed E-state index contributed by atoms with van der Waals surface area (Å²) in [5, 5.41) is 5.66. The van der Waals surface area contributed by atoms with Gasteiger partial charge in [-0.15, -0.1) is 0 Å². The number of benzene rings is 1. The minimum atomic E-state index is -4.38. The van der Waals surface area contributed by atoms with Gasteiger partial charge in [-0.1, -0.05) is 6.07 Å². The van der Waals surface area contributed by atoms with Crippen LogP contribution in [0.15, 0.2) is 36.7 Å². The molecule has 2 atom stereocenters. The highest BCUT2D eigenvalue weighted by Crippen LogP contribution is 2.50. The Morgan fingerprint density at radius 1 is 1.15 bits per heavy atom. The Balaban J connectivity index is 1.40. The summed E-state index contributed by atoms with van der Waals surface area (Å²) in [5.74, 6) is 0.122. The highest BCUT2D eigenvalue weighted by atomic mass is 19.4. The number of piperidine rings is 1. The lowest BCUT2D eigenvalue weighted by atomic mass is 9.94. The summed E-state index contributed by atoms with van der Waals surface area (Å²) in [4.78, 5) is 24.0. The maximum Gasteiger partial charge on any atom is 0.416 e. The molecule has 1 aliphatic heterocycles. The van der Waals surface area contributed by atoms with Crippen molar-refractivity contribution in [2.45, 2.75) is 31.0 Å². The number of alkyl halides is 3. The lowest BCUT2D eigenvalue weighted by molar-refractivity contribution is -0.137. The van der Waals surface area contributed by atoms with Crippen molar-refractivity contribution in [1.82, 2.24) is 24.6 Å². The molecular weight excluding hydrogens is 433 g/mol. The predicted molar refractivity (Wildman–Crippen MR) is 115 cm³/mol. The molecule has 2 N–H and O–H groups in total. The van der Waals surface area contributed by atoms with Gasteiger partial charge >= 0.3 is 6.18 Å². The number of nitrogens with two attached hydrogens (primary N) is 1. The van der Waals surface area contributed by atoms with Crippen LogP contribution in [0.3, 0.4) is 0 Å². The molecule has 1 amide bonds. The maximum absolute atomic E-state index is 13.5. The minimum absolute atomic E-state index is 0.0298. The highest BCUT2D eigenvalue weighted by molar-refractivity contribution is 6.09. The van der Waals surface area contributed by atoms with Gasteiger partial charge in [-0.2, -0.15) is 18.3 Å². The Morgan fingerprint density at radius 2 is 1.97 bits per heavy atom. The van der Waals surface area contributed by atoms with Gasteiger partial charge in [0.25, 0.3) is 5.91 Å². The molecule has 3 aromatic heterocycles. The predicted octanol–water partition coefficient (Wildman–Crippen LogP) is 4.19. The number of rotatable bonds is 1. The number of nitrogen functional groups attached to an aromatic ring is 1. The van der Waals surface area contributed by atoms with Crippen molar-refractivity contribution in [3.8, 4) is 0 Å². The summed E-state index contributed by atoms with van der Waals surface area (Å²) < 4.78 is 41.3. The van der Waals surface area contributed by atoms with Gasteiger partial charge in [0.1, 0.15) is 11.5 Å². The Kier molecular flexibility index (Phi) is 4.03. The van der Waals surface area contributed by atoms with E-state index in [0.717, 1.165) is 17.1 Å². The molecule has 0 radical (unpaired) electrons. The fourth-order valence-electron chi connectivity index (χ4n) is 5.32. The van der Waals surface area contributed by atoms with Crippen molar-refractivity contribution >= 4 is 33.5 Å². The Morgan fingerprint density at radius 3 is 2.76 bits per heavy atom. The third-order valence-corrected chi connectivity index (χ3v) is 6.89. The number of likely N-dealkylation sites (tertiary alicyclic amines) is 1. The third-order valence-electron chi connectivity index (χ3n) is 6.89. The molecule has 2 bridgehead atoms. The molecule has 0 spiro atoms. The second-order valence-corrected chi connectivity index (χ2v) is 8.69. The van der Waals surface area contributed by atoms with E-state index in [2.05, 4.69) is 15.1 Å². The minimum Gasteiger partial charge on any atom is -0.383 e. The van der Waals surface area contributed by atoms with Crippen molar-refractivity contribution < 1.29 is 18.0 Å². The van der Waals surface area contributed by atoms with Gasteiger partial charge in [0.15, 0.2) is 0 Å². The highest BCUT2D eigenvalue weighted by Gasteiger charge is 2.43. The fraction of sp³-hybridized carbons (Fsp3) is 0.304. The summed E-state index contributed by atoms with van der Waals surface area (Å²) >= 11 is 0. The number of fused-ring (bicyclic) bond motifs is 8. The van der Waals surface area contributed by atoms with E-state index in [0.29, 0.717) is 47.1 Å². The van der Waals surface area contributed by atoms with Crippen molar-refractivity contribution in [2.75, 3.05) is 12.3 Å². The van der Waals surface area contributed by atoms with Gasteiger partial charge in [0.05, 0.1) is 40.4 Å².